The normalized spacial score (nSPS) is 26.7. The predicted octanol–water partition coefficient (Wildman–Crippen LogP) is -0.444. The quantitative estimate of drug-likeness (QED) is 0.350. The molecular weight excluding hydrogens is 346 g/mol. The van der Waals surface area contributed by atoms with Crippen LogP contribution in [0.25, 0.3) is 0 Å². The number of nitrogens with zero attached hydrogens (tertiary/aromatic N) is 1. The molecule has 1 aromatic carbocycles. The van der Waals surface area contributed by atoms with Crippen molar-refractivity contribution in [1.82, 2.24) is 5.32 Å². The van der Waals surface area contributed by atoms with E-state index >= 15 is 0 Å². The maximum absolute atomic E-state index is 11.8. The van der Waals surface area contributed by atoms with Crippen LogP contribution in [0.5, 0.6) is 0 Å². The fourth-order valence-corrected chi connectivity index (χ4v) is 2.26. The maximum atomic E-state index is 11.8. The highest BCUT2D eigenvalue weighted by molar-refractivity contribution is 5.90. The summed E-state index contributed by atoms with van der Waals surface area (Å²) >= 11 is 0. The molecule has 10 heteroatoms. The molecule has 1 fully saturated rings. The fraction of sp³-hybridized carbons (Fsp3) is 0.438. The average Bonchev–Trinajstić information content (AvgIpc) is 2.65. The van der Waals surface area contributed by atoms with Crippen LogP contribution in [0.1, 0.15) is 13.3 Å². The lowest BCUT2D eigenvalue weighted by atomic mass is 9.97. The second-order valence-corrected chi connectivity index (χ2v) is 5.52. The van der Waals surface area contributed by atoms with Gasteiger partial charge in [-0.05, 0) is 17.3 Å². The van der Waals surface area contributed by atoms with E-state index in [0.717, 1.165) is 0 Å². The summed E-state index contributed by atoms with van der Waals surface area (Å²) in [6.07, 6.45) is -4.95. The first kappa shape index (κ1) is 19.6. The Morgan fingerprint density at radius 2 is 1.92 bits per heavy atom. The van der Waals surface area contributed by atoms with Crippen LogP contribution in [-0.4, -0.2) is 64.2 Å². The molecule has 0 saturated carbocycles. The number of aliphatic hydroxyl groups is 3. The second-order valence-electron chi connectivity index (χ2n) is 5.52. The van der Waals surface area contributed by atoms with Gasteiger partial charge in [-0.3, -0.25) is 14.9 Å². The number of ether oxygens (including phenoxy) is 1. The molecule has 0 spiro atoms. The first-order valence-electron chi connectivity index (χ1n) is 8.00. The van der Waals surface area contributed by atoms with Crippen LogP contribution >= 0.6 is 0 Å². The van der Waals surface area contributed by atoms with E-state index in [4.69, 9.17) is 9.57 Å². The van der Waals surface area contributed by atoms with Crippen molar-refractivity contribution in [2.24, 2.45) is 5.16 Å². The van der Waals surface area contributed by atoms with Crippen molar-refractivity contribution in [2.45, 2.75) is 37.7 Å². The summed E-state index contributed by atoms with van der Waals surface area (Å²) in [5.41, 5.74) is 0.474. The molecule has 0 radical (unpaired) electrons. The van der Waals surface area contributed by atoms with Crippen molar-refractivity contribution in [3.8, 4) is 0 Å². The zero-order valence-electron chi connectivity index (χ0n) is 14.0. The zero-order valence-corrected chi connectivity index (χ0v) is 14.0. The molecule has 1 aromatic rings. The van der Waals surface area contributed by atoms with Gasteiger partial charge in [0.25, 0.3) is 5.90 Å². The van der Waals surface area contributed by atoms with Gasteiger partial charge in [-0.1, -0.05) is 25.1 Å². The Morgan fingerprint density at radius 1 is 1.23 bits per heavy atom. The second kappa shape index (κ2) is 9.13. The Bertz CT molecular complexity index is 653. The molecule has 0 aliphatic carbocycles. The van der Waals surface area contributed by atoms with Crippen LogP contribution in [-0.2, 0) is 14.4 Å². The minimum atomic E-state index is -1.50. The third kappa shape index (κ3) is 4.91. The van der Waals surface area contributed by atoms with Crippen molar-refractivity contribution < 1.29 is 34.5 Å². The van der Waals surface area contributed by atoms with Crippen LogP contribution in [0, 0.1) is 0 Å². The monoisotopic (exact) mass is 367 g/mol. The van der Waals surface area contributed by atoms with Gasteiger partial charge in [0.15, 0.2) is 6.10 Å². The van der Waals surface area contributed by atoms with Gasteiger partial charge in [0.05, 0.1) is 6.61 Å². The Balaban J connectivity index is 2.11. The summed E-state index contributed by atoms with van der Waals surface area (Å²) < 4.78 is 5.25. The first-order chi connectivity index (χ1) is 12.5. The molecule has 1 saturated heterocycles. The van der Waals surface area contributed by atoms with E-state index < -0.39 is 43.0 Å². The number of para-hydroxylation sites is 1. The molecule has 10 nitrogen and oxygen atoms in total. The van der Waals surface area contributed by atoms with Gasteiger partial charge in [0.2, 0.25) is 5.91 Å². The van der Waals surface area contributed by atoms with Gasteiger partial charge in [0.1, 0.15) is 18.2 Å². The summed E-state index contributed by atoms with van der Waals surface area (Å²) in [5, 5.41) is 37.7. The molecule has 5 N–H and O–H groups in total. The number of benzene rings is 1. The number of carbonyl (C=O) groups excluding carboxylic acids is 2. The van der Waals surface area contributed by atoms with Crippen molar-refractivity contribution in [3.63, 3.8) is 0 Å². The highest BCUT2D eigenvalue weighted by Crippen LogP contribution is 2.18. The Kier molecular flexibility index (Phi) is 6.89. The van der Waals surface area contributed by atoms with E-state index in [9.17, 15) is 24.9 Å². The molecule has 0 unspecified atom stereocenters. The third-order valence-electron chi connectivity index (χ3n) is 3.67. The number of nitrogens with one attached hydrogen (secondary N) is 2. The minimum Gasteiger partial charge on any atom is -0.468 e. The van der Waals surface area contributed by atoms with Crippen LogP contribution < -0.4 is 10.6 Å². The van der Waals surface area contributed by atoms with E-state index in [2.05, 4.69) is 15.8 Å². The summed E-state index contributed by atoms with van der Waals surface area (Å²) in [4.78, 5) is 28.1. The van der Waals surface area contributed by atoms with E-state index in [0.29, 0.717) is 5.69 Å². The standard InChI is InChI=1S/C16H21N3O7/c1-2-11(21)18-12-14(23)13(22)10(8-20)25-15(12)19-26-16(24)17-9-6-4-3-5-7-9/h3-7,10,12-14,20,22-23H,2,8H2,1H3,(H,17,24)(H,18,21)/b19-15+/t10-,12-,13-,14-/m1/s1. The summed E-state index contributed by atoms with van der Waals surface area (Å²) in [6.45, 7) is 0.987. The SMILES string of the molecule is CCC(=O)N[C@H]1/C(=N\OC(=O)Nc2ccccc2)O[C@H](CO)[C@@H](O)[C@@H]1O. The number of amides is 2. The Hall–Kier alpha value is -2.69. The average molecular weight is 367 g/mol. The number of aliphatic hydroxyl groups excluding tert-OH is 3. The Labute approximate surface area is 149 Å². The van der Waals surface area contributed by atoms with Gasteiger partial charge < -0.3 is 25.4 Å². The third-order valence-corrected chi connectivity index (χ3v) is 3.67. The highest BCUT2D eigenvalue weighted by atomic mass is 16.7. The van der Waals surface area contributed by atoms with Crippen LogP contribution in [0.4, 0.5) is 10.5 Å². The van der Waals surface area contributed by atoms with Gasteiger partial charge >= 0.3 is 6.09 Å². The van der Waals surface area contributed by atoms with Crippen molar-refractivity contribution in [2.75, 3.05) is 11.9 Å². The molecule has 1 aliphatic heterocycles. The largest absolute Gasteiger partial charge is 0.468 e. The molecule has 26 heavy (non-hydrogen) atoms. The Morgan fingerprint density at radius 3 is 2.54 bits per heavy atom. The summed E-state index contributed by atoms with van der Waals surface area (Å²) in [7, 11) is 0. The van der Waals surface area contributed by atoms with Crippen LogP contribution in [0.2, 0.25) is 0 Å². The molecule has 142 valence electrons. The van der Waals surface area contributed by atoms with Crippen molar-refractivity contribution in [1.29, 1.82) is 0 Å². The lowest BCUT2D eigenvalue weighted by molar-refractivity contribution is -0.127. The van der Waals surface area contributed by atoms with Gasteiger partial charge in [-0.15, -0.1) is 0 Å². The van der Waals surface area contributed by atoms with E-state index in [1.807, 2.05) is 0 Å². The number of rotatable bonds is 5. The zero-order chi connectivity index (χ0) is 19.1. The van der Waals surface area contributed by atoms with Gasteiger partial charge in [0, 0.05) is 12.1 Å². The van der Waals surface area contributed by atoms with Crippen molar-refractivity contribution >= 4 is 23.6 Å². The number of hydrogen-bond donors (Lipinski definition) is 5. The topological polar surface area (TPSA) is 150 Å². The van der Waals surface area contributed by atoms with E-state index in [1.165, 1.54) is 0 Å². The summed E-state index contributed by atoms with van der Waals surface area (Å²) in [5.74, 6) is -0.777. The fourth-order valence-electron chi connectivity index (χ4n) is 2.26. The molecule has 2 rings (SSSR count). The number of oxime groups is 1. The molecule has 1 heterocycles. The highest BCUT2D eigenvalue weighted by Gasteiger charge is 2.44. The van der Waals surface area contributed by atoms with Crippen LogP contribution in [0.15, 0.2) is 35.5 Å². The van der Waals surface area contributed by atoms with E-state index in [-0.39, 0.29) is 12.3 Å². The van der Waals surface area contributed by atoms with Crippen molar-refractivity contribution in [3.05, 3.63) is 30.3 Å². The predicted molar refractivity (Wildman–Crippen MR) is 90.2 cm³/mol. The van der Waals surface area contributed by atoms with Crippen LogP contribution in [0.3, 0.4) is 0 Å². The molecule has 0 bridgehead atoms. The van der Waals surface area contributed by atoms with Gasteiger partial charge in [-0.2, -0.15) is 0 Å². The smallest absolute Gasteiger partial charge is 0.437 e. The molecule has 4 atom stereocenters. The number of carbonyl (C=O) groups is 2. The minimum absolute atomic E-state index is 0.116. The maximum Gasteiger partial charge on any atom is 0.437 e. The van der Waals surface area contributed by atoms with Gasteiger partial charge in [-0.25, -0.2) is 4.79 Å². The molecule has 2 amide bonds. The first-order valence-corrected chi connectivity index (χ1v) is 8.00. The lowest BCUT2D eigenvalue weighted by Crippen LogP contribution is -2.62. The molecular formula is C16H21N3O7. The number of anilines is 1. The molecule has 1 aliphatic rings. The lowest BCUT2D eigenvalue weighted by Gasteiger charge is -2.37. The molecule has 0 aromatic heterocycles. The number of hydrogen-bond acceptors (Lipinski definition) is 8. The van der Waals surface area contributed by atoms with E-state index in [1.54, 1.807) is 37.3 Å². The summed E-state index contributed by atoms with van der Waals surface area (Å²) in [6, 6.07) is 7.24.